The van der Waals surface area contributed by atoms with Crippen LogP contribution >= 0.6 is 0 Å². The number of halogens is 3. The van der Waals surface area contributed by atoms with Gasteiger partial charge in [0.2, 0.25) is 11.8 Å². The molecule has 7 nitrogen and oxygen atoms in total. The smallest absolute Gasteiger partial charge is 0.403 e. The Balaban J connectivity index is 2.95. The van der Waals surface area contributed by atoms with Crippen LogP contribution in [0.3, 0.4) is 0 Å². The molecule has 1 fully saturated rings. The minimum atomic E-state index is -6.01. The lowest BCUT2D eigenvalue weighted by molar-refractivity contribution is -0.191. The summed E-state index contributed by atoms with van der Waals surface area (Å²) in [4.78, 5) is 23.0. The molecule has 3 atom stereocenters. The van der Waals surface area contributed by atoms with Crippen LogP contribution in [0.4, 0.5) is 13.2 Å². The average Bonchev–Trinajstić information content (AvgIpc) is 2.68. The molecule has 0 saturated heterocycles. The minimum Gasteiger partial charge on any atom is -0.459 e. The molecule has 3 unspecified atom stereocenters. The fourth-order valence-electron chi connectivity index (χ4n) is 2.73. The normalized spacial score (nSPS) is 28.2. The van der Waals surface area contributed by atoms with Crippen LogP contribution in [0.25, 0.3) is 0 Å². The SMILES string of the molecule is CC1CCC(OC=O)(C(=O)OCC(F)C(F)(F)S(=O)(=O)O)C1(C)C. The van der Waals surface area contributed by atoms with Crippen molar-refractivity contribution in [2.75, 3.05) is 6.61 Å². The van der Waals surface area contributed by atoms with E-state index >= 15 is 0 Å². The van der Waals surface area contributed by atoms with Gasteiger partial charge in [-0.2, -0.15) is 17.2 Å². The first-order valence-electron chi connectivity index (χ1n) is 7.01. The van der Waals surface area contributed by atoms with E-state index in [2.05, 4.69) is 4.74 Å². The lowest BCUT2D eigenvalue weighted by Gasteiger charge is -2.39. The number of hydrogen-bond donors (Lipinski definition) is 1. The van der Waals surface area contributed by atoms with Gasteiger partial charge < -0.3 is 9.47 Å². The molecule has 1 saturated carbocycles. The van der Waals surface area contributed by atoms with Crippen molar-refractivity contribution in [2.45, 2.75) is 50.6 Å². The Labute approximate surface area is 137 Å². The molecular weight excluding hydrogens is 357 g/mol. The standard InChI is InChI=1S/C13H19F3O7S/c1-8-4-5-12(23-7-17,11(8,2)3)10(18)22-6-9(14)13(15,16)24(19,20)21/h7-9H,4-6H2,1-3H3,(H,19,20,21). The molecule has 24 heavy (non-hydrogen) atoms. The van der Waals surface area contributed by atoms with Crippen LogP contribution in [0.2, 0.25) is 0 Å². The van der Waals surface area contributed by atoms with Gasteiger partial charge in [0.05, 0.1) is 0 Å². The highest BCUT2D eigenvalue weighted by atomic mass is 32.2. The molecule has 0 aromatic heterocycles. The van der Waals surface area contributed by atoms with Gasteiger partial charge in [-0.15, -0.1) is 0 Å². The van der Waals surface area contributed by atoms with Gasteiger partial charge in [-0.05, 0) is 18.8 Å². The zero-order chi connectivity index (χ0) is 19.0. The van der Waals surface area contributed by atoms with Gasteiger partial charge in [-0.3, -0.25) is 9.35 Å². The third-order valence-corrected chi connectivity index (χ3v) is 5.79. The van der Waals surface area contributed by atoms with Gasteiger partial charge >= 0.3 is 21.3 Å². The molecule has 1 rings (SSSR count). The maximum atomic E-state index is 13.4. The maximum Gasteiger partial charge on any atom is 0.403 e. The summed E-state index contributed by atoms with van der Waals surface area (Å²) < 4.78 is 78.2. The highest BCUT2D eigenvalue weighted by Crippen LogP contribution is 2.52. The molecule has 140 valence electrons. The highest BCUT2D eigenvalue weighted by Gasteiger charge is 2.62. The van der Waals surface area contributed by atoms with E-state index < -0.39 is 45.1 Å². The Morgan fingerprint density at radius 2 is 2.00 bits per heavy atom. The summed E-state index contributed by atoms with van der Waals surface area (Å²) in [7, 11) is -6.01. The van der Waals surface area contributed by atoms with Crippen molar-refractivity contribution in [1.29, 1.82) is 0 Å². The molecule has 0 heterocycles. The molecule has 1 N–H and O–H groups in total. The molecule has 0 aromatic rings. The van der Waals surface area contributed by atoms with E-state index in [-0.39, 0.29) is 18.8 Å². The second-order valence-electron chi connectivity index (χ2n) is 6.31. The third kappa shape index (κ3) is 3.23. The molecule has 0 spiro atoms. The van der Waals surface area contributed by atoms with Crippen molar-refractivity contribution in [2.24, 2.45) is 11.3 Å². The van der Waals surface area contributed by atoms with Gasteiger partial charge in [0.1, 0.15) is 6.61 Å². The third-order valence-electron chi connectivity index (χ3n) is 4.85. The van der Waals surface area contributed by atoms with E-state index in [1.54, 1.807) is 20.8 Å². The van der Waals surface area contributed by atoms with Crippen molar-refractivity contribution in [3.05, 3.63) is 0 Å². The number of alkyl halides is 3. The van der Waals surface area contributed by atoms with Gasteiger partial charge in [-0.1, -0.05) is 20.8 Å². The quantitative estimate of drug-likeness (QED) is 0.409. The van der Waals surface area contributed by atoms with Gasteiger partial charge in [0.15, 0.2) is 0 Å². The topological polar surface area (TPSA) is 107 Å². The number of ether oxygens (including phenoxy) is 2. The number of hydrogen-bond acceptors (Lipinski definition) is 6. The number of carbonyl (C=O) groups excluding carboxylic acids is 2. The summed E-state index contributed by atoms with van der Waals surface area (Å²) in [5.74, 6) is -1.34. The van der Waals surface area contributed by atoms with Crippen LogP contribution in [0.15, 0.2) is 0 Å². The van der Waals surface area contributed by atoms with Gasteiger partial charge in [-0.25, -0.2) is 9.18 Å². The summed E-state index contributed by atoms with van der Waals surface area (Å²) in [6.07, 6.45) is -2.97. The average molecular weight is 376 g/mol. The molecule has 0 amide bonds. The van der Waals surface area contributed by atoms with E-state index in [1.165, 1.54) is 0 Å². The second-order valence-corrected chi connectivity index (χ2v) is 7.80. The minimum absolute atomic E-state index is 0.0146. The number of carbonyl (C=O) groups is 2. The van der Waals surface area contributed by atoms with Crippen molar-refractivity contribution in [3.8, 4) is 0 Å². The summed E-state index contributed by atoms with van der Waals surface area (Å²) >= 11 is 0. The first-order valence-corrected chi connectivity index (χ1v) is 8.45. The molecular formula is C13H19F3O7S. The zero-order valence-corrected chi connectivity index (χ0v) is 14.1. The summed E-state index contributed by atoms with van der Waals surface area (Å²) in [6.45, 7) is 3.39. The van der Waals surface area contributed by atoms with E-state index in [1.807, 2.05) is 0 Å². The monoisotopic (exact) mass is 376 g/mol. The highest BCUT2D eigenvalue weighted by molar-refractivity contribution is 7.86. The molecule has 1 aliphatic rings. The fourth-order valence-corrected chi connectivity index (χ4v) is 3.12. The maximum absolute atomic E-state index is 13.4. The predicted molar refractivity (Wildman–Crippen MR) is 74.4 cm³/mol. The van der Waals surface area contributed by atoms with E-state index in [0.717, 1.165) is 0 Å². The van der Waals surface area contributed by atoms with E-state index in [4.69, 9.17) is 9.29 Å². The summed E-state index contributed by atoms with van der Waals surface area (Å²) in [5, 5.41) is -5.13. The Morgan fingerprint density at radius 3 is 2.38 bits per heavy atom. The van der Waals surface area contributed by atoms with Crippen molar-refractivity contribution >= 4 is 22.6 Å². The zero-order valence-electron chi connectivity index (χ0n) is 13.3. The lowest BCUT2D eigenvalue weighted by Crippen LogP contribution is -2.53. The Morgan fingerprint density at radius 1 is 1.46 bits per heavy atom. The molecule has 0 aromatic carbocycles. The van der Waals surface area contributed by atoms with E-state index in [9.17, 15) is 31.2 Å². The van der Waals surface area contributed by atoms with Crippen LogP contribution in [0.5, 0.6) is 0 Å². The number of esters is 1. The summed E-state index contributed by atoms with van der Waals surface area (Å²) in [6, 6.07) is 0. The van der Waals surface area contributed by atoms with Crippen molar-refractivity contribution in [3.63, 3.8) is 0 Å². The largest absolute Gasteiger partial charge is 0.459 e. The number of rotatable bonds is 7. The second kappa shape index (κ2) is 6.51. The first-order chi connectivity index (χ1) is 10.7. The molecule has 0 bridgehead atoms. The van der Waals surface area contributed by atoms with Crippen molar-refractivity contribution in [1.82, 2.24) is 0 Å². The lowest BCUT2D eigenvalue weighted by atomic mass is 9.73. The molecule has 0 aliphatic heterocycles. The molecule has 11 heteroatoms. The first kappa shape index (κ1) is 20.7. The van der Waals surface area contributed by atoms with Crippen LogP contribution in [0, 0.1) is 11.3 Å². The van der Waals surface area contributed by atoms with Crippen LogP contribution in [-0.4, -0.2) is 49.0 Å². The fraction of sp³-hybridized carbons (Fsp3) is 0.846. The Bertz CT molecular complexity index is 605. The van der Waals surface area contributed by atoms with E-state index in [0.29, 0.717) is 6.42 Å². The summed E-state index contributed by atoms with van der Waals surface area (Å²) in [5.41, 5.74) is -2.70. The van der Waals surface area contributed by atoms with Gasteiger partial charge in [0.25, 0.3) is 6.47 Å². The van der Waals surface area contributed by atoms with Crippen LogP contribution in [-0.2, 0) is 29.2 Å². The molecule has 0 radical (unpaired) electrons. The Hall–Kier alpha value is -1.36. The van der Waals surface area contributed by atoms with Crippen LogP contribution in [0.1, 0.15) is 33.6 Å². The van der Waals surface area contributed by atoms with Crippen LogP contribution < -0.4 is 0 Å². The molecule has 1 aliphatic carbocycles. The van der Waals surface area contributed by atoms with Crippen molar-refractivity contribution < 1.29 is 45.2 Å². The Kier molecular flexibility index (Phi) is 5.61. The predicted octanol–water partition coefficient (Wildman–Crippen LogP) is 1.72. The van der Waals surface area contributed by atoms with Gasteiger partial charge in [0, 0.05) is 5.41 Å².